The second-order valence-electron chi connectivity index (χ2n) is 8.14. The Balaban J connectivity index is 2.09. The fraction of sp³-hybridized carbons (Fsp3) is 0.458. The molecular formula is C24H23F9N2O2. The number of hydrogen-bond acceptors (Lipinski definition) is 3. The topological polar surface area (TPSA) is 41.6 Å². The van der Waals surface area contributed by atoms with Crippen LogP contribution < -0.4 is 10.2 Å². The van der Waals surface area contributed by atoms with Gasteiger partial charge in [0.05, 0.1) is 29.0 Å². The van der Waals surface area contributed by atoms with E-state index >= 15 is 0 Å². The molecule has 204 valence electrons. The third-order valence-electron chi connectivity index (χ3n) is 5.69. The summed E-state index contributed by atoms with van der Waals surface area (Å²) in [4.78, 5) is 13.6. The summed E-state index contributed by atoms with van der Waals surface area (Å²) >= 11 is 0. The average Bonchev–Trinajstić information content (AvgIpc) is 2.82. The van der Waals surface area contributed by atoms with Crippen molar-refractivity contribution in [2.24, 2.45) is 0 Å². The number of anilines is 1. The number of hydrogen-bond donors (Lipinski definition) is 1. The molecule has 2 atom stereocenters. The van der Waals surface area contributed by atoms with Crippen LogP contribution in [0, 0.1) is 0 Å². The molecule has 0 saturated carbocycles. The lowest BCUT2D eigenvalue weighted by Crippen LogP contribution is -2.47. The zero-order valence-electron chi connectivity index (χ0n) is 24.6. The molecule has 2 aromatic carbocycles. The second-order valence-corrected chi connectivity index (χ2v) is 8.14. The van der Waals surface area contributed by atoms with E-state index in [1.807, 2.05) is 0 Å². The van der Waals surface area contributed by atoms with Crippen LogP contribution >= 0.6 is 0 Å². The van der Waals surface area contributed by atoms with Gasteiger partial charge in [-0.3, -0.25) is 4.90 Å². The molecule has 0 unspecified atom stereocenters. The summed E-state index contributed by atoms with van der Waals surface area (Å²) in [5.74, 6) is 0. The van der Waals surface area contributed by atoms with Crippen molar-refractivity contribution in [3.8, 4) is 0 Å². The Morgan fingerprint density at radius 1 is 0.946 bits per heavy atom. The first kappa shape index (κ1) is 21.0. The molecular weight excluding hydrogens is 519 g/mol. The van der Waals surface area contributed by atoms with Gasteiger partial charge in [-0.15, -0.1) is 0 Å². The van der Waals surface area contributed by atoms with E-state index in [2.05, 4.69) is 5.32 Å². The molecule has 1 heterocycles. The monoisotopic (exact) mass is 548 g/mol. The minimum absolute atomic E-state index is 0.0931. The van der Waals surface area contributed by atoms with Crippen LogP contribution in [-0.2, 0) is 29.8 Å². The van der Waals surface area contributed by atoms with Gasteiger partial charge in [-0.05, 0) is 67.2 Å². The zero-order valence-corrected chi connectivity index (χ0v) is 18.6. The first-order chi connectivity index (χ1) is 19.3. The van der Waals surface area contributed by atoms with E-state index in [9.17, 15) is 44.3 Å². The van der Waals surface area contributed by atoms with Crippen molar-refractivity contribution in [3.05, 3.63) is 64.2 Å². The molecule has 0 spiro atoms. The molecule has 1 N–H and O–H groups in total. The molecule has 0 aromatic heterocycles. The number of ether oxygens (including phenoxy) is 1. The van der Waals surface area contributed by atoms with Crippen LogP contribution in [0.1, 0.15) is 68.6 Å². The van der Waals surface area contributed by atoms with E-state index in [4.69, 9.17) is 13.0 Å². The molecule has 0 saturated heterocycles. The number of nitrogens with zero attached hydrogens (tertiary/aromatic N) is 1. The van der Waals surface area contributed by atoms with Gasteiger partial charge >= 0.3 is 24.6 Å². The van der Waals surface area contributed by atoms with Gasteiger partial charge in [-0.1, -0.05) is 6.85 Å². The fourth-order valence-electron chi connectivity index (χ4n) is 4.04. The standard InChI is InChI=1S/C24H23F9N2O2/c1-3-17-11-19(34-12-13-7-15(23(28,29)30)9-16(8-13)24(31,32)33)18-10-14(22(25,26)27)5-6-20(18)35(17)21(36)37-4-2/h5-10,17,19,34H,3-4,11-12H2,1-2H3/t17-,19+/m1/s1/i1D3,2D3. The zero-order chi connectivity index (χ0) is 32.8. The summed E-state index contributed by atoms with van der Waals surface area (Å²) in [6, 6.07) is 0.0830. The summed E-state index contributed by atoms with van der Waals surface area (Å²) in [5, 5.41) is 2.61. The third-order valence-corrected chi connectivity index (χ3v) is 5.69. The van der Waals surface area contributed by atoms with Crippen molar-refractivity contribution in [2.75, 3.05) is 11.5 Å². The molecule has 4 nitrogen and oxygen atoms in total. The summed E-state index contributed by atoms with van der Waals surface area (Å²) < 4.78 is 170. The number of fused-ring (bicyclic) bond motifs is 1. The first-order valence-electron chi connectivity index (χ1n) is 13.5. The van der Waals surface area contributed by atoms with Crippen molar-refractivity contribution in [3.63, 3.8) is 0 Å². The molecule has 0 fully saturated rings. The van der Waals surface area contributed by atoms with Crippen LogP contribution in [-0.4, -0.2) is 18.7 Å². The number of nitrogens with one attached hydrogen (secondary N) is 1. The van der Waals surface area contributed by atoms with Crippen molar-refractivity contribution < 1.29 is 57.3 Å². The lowest BCUT2D eigenvalue weighted by Gasteiger charge is -2.40. The minimum Gasteiger partial charge on any atom is -0.449 e. The Bertz CT molecular complexity index is 1290. The van der Waals surface area contributed by atoms with Crippen molar-refractivity contribution in [1.82, 2.24) is 5.32 Å². The molecule has 37 heavy (non-hydrogen) atoms. The van der Waals surface area contributed by atoms with Gasteiger partial charge in [-0.25, -0.2) is 4.79 Å². The Kier molecular flexibility index (Phi) is 5.92. The maximum atomic E-state index is 13.6. The van der Waals surface area contributed by atoms with Crippen molar-refractivity contribution in [1.29, 1.82) is 0 Å². The molecule has 1 aliphatic rings. The predicted molar refractivity (Wildman–Crippen MR) is 116 cm³/mol. The smallest absolute Gasteiger partial charge is 0.416 e. The van der Waals surface area contributed by atoms with E-state index in [0.717, 1.165) is 6.07 Å². The van der Waals surface area contributed by atoms with Crippen LogP contribution in [0.2, 0.25) is 0 Å². The number of carbonyl (C=O) groups excluding carboxylic acids is 1. The molecule has 1 aliphatic heterocycles. The highest BCUT2D eigenvalue weighted by atomic mass is 19.4. The van der Waals surface area contributed by atoms with Gasteiger partial charge in [-0.2, -0.15) is 39.5 Å². The number of benzene rings is 2. The van der Waals surface area contributed by atoms with Gasteiger partial charge in [0.15, 0.2) is 0 Å². The van der Waals surface area contributed by atoms with Gasteiger partial charge < -0.3 is 10.1 Å². The van der Waals surface area contributed by atoms with Gasteiger partial charge in [0.1, 0.15) is 0 Å². The second kappa shape index (κ2) is 10.4. The Morgan fingerprint density at radius 3 is 2.11 bits per heavy atom. The lowest BCUT2D eigenvalue weighted by molar-refractivity contribution is -0.143. The number of amides is 1. The van der Waals surface area contributed by atoms with Crippen LogP contribution in [0.25, 0.3) is 0 Å². The lowest BCUT2D eigenvalue weighted by atomic mass is 9.88. The van der Waals surface area contributed by atoms with Crippen LogP contribution in [0.4, 0.5) is 50.0 Å². The molecule has 0 bridgehead atoms. The quantitative estimate of drug-likeness (QED) is 0.389. The van der Waals surface area contributed by atoms with Gasteiger partial charge in [0.2, 0.25) is 0 Å². The summed E-state index contributed by atoms with van der Waals surface area (Å²) in [6.07, 6.45) is -17.8. The highest BCUT2D eigenvalue weighted by molar-refractivity contribution is 5.90. The van der Waals surface area contributed by atoms with Crippen molar-refractivity contribution in [2.45, 2.75) is 63.7 Å². The van der Waals surface area contributed by atoms with Crippen LogP contribution in [0.3, 0.4) is 0 Å². The van der Waals surface area contributed by atoms with Crippen molar-refractivity contribution >= 4 is 11.8 Å². The fourth-order valence-corrected chi connectivity index (χ4v) is 4.04. The third kappa shape index (κ3) is 6.49. The molecule has 0 radical (unpaired) electrons. The molecule has 2 aromatic rings. The molecule has 3 rings (SSSR count). The maximum Gasteiger partial charge on any atom is 0.416 e. The minimum atomic E-state index is -5.16. The van der Waals surface area contributed by atoms with E-state index in [-0.39, 0.29) is 17.3 Å². The number of rotatable bonds is 5. The van der Waals surface area contributed by atoms with Crippen LogP contribution in [0.15, 0.2) is 36.4 Å². The first-order valence-corrected chi connectivity index (χ1v) is 10.5. The highest BCUT2D eigenvalue weighted by Gasteiger charge is 2.40. The number of alkyl halides is 9. The molecule has 0 aliphatic carbocycles. The van der Waals surface area contributed by atoms with Gasteiger partial charge in [0.25, 0.3) is 0 Å². The summed E-state index contributed by atoms with van der Waals surface area (Å²) in [5.41, 5.74) is -5.60. The predicted octanol–water partition coefficient (Wildman–Crippen LogP) is 7.72. The SMILES string of the molecule is [2H]C([2H])([2H])COC(=O)N1c2ccc(C(F)(F)F)cc2[C@@H](NCc2cc(C(F)(F)F)cc(C(F)(F)F)c2)C[C@H]1CC([2H])([2H])[2H]. The van der Waals surface area contributed by atoms with E-state index in [1.54, 1.807) is 0 Å². The highest BCUT2D eigenvalue weighted by Crippen LogP contribution is 2.42. The average molecular weight is 548 g/mol. The van der Waals surface area contributed by atoms with Crippen LogP contribution in [0.5, 0.6) is 0 Å². The molecule has 1 amide bonds. The molecule has 13 heteroatoms. The summed E-state index contributed by atoms with van der Waals surface area (Å²) in [7, 11) is 0. The Hall–Kier alpha value is -2.96. The van der Waals surface area contributed by atoms with Gasteiger partial charge in [0, 0.05) is 26.9 Å². The number of halogens is 9. The van der Waals surface area contributed by atoms with E-state index < -0.39 is 98.7 Å². The normalized spacial score (nSPS) is 21.6. The van der Waals surface area contributed by atoms with E-state index in [0.29, 0.717) is 29.2 Å². The van der Waals surface area contributed by atoms with E-state index in [1.165, 1.54) is 0 Å². The maximum absolute atomic E-state index is 13.6. The number of carbonyl (C=O) groups is 1. The Labute approximate surface area is 214 Å². The largest absolute Gasteiger partial charge is 0.449 e. The summed E-state index contributed by atoms with van der Waals surface area (Å²) in [6.45, 7) is -7.34. The Morgan fingerprint density at radius 2 is 1.57 bits per heavy atom.